The lowest BCUT2D eigenvalue weighted by Gasteiger charge is -2.06. The molecule has 0 aliphatic rings. The number of hydrogen-bond donors (Lipinski definition) is 3. The Morgan fingerprint density at radius 1 is 1.32 bits per heavy atom. The molecule has 3 N–H and O–H groups in total. The third kappa shape index (κ3) is 3.89. The van der Waals surface area contributed by atoms with Crippen LogP contribution in [0.15, 0.2) is 35.1 Å². The molecule has 100 valence electrons. The number of nitrogens with zero attached hydrogens (tertiary/aromatic N) is 2. The minimum atomic E-state index is -0.519. The van der Waals surface area contributed by atoms with Crippen molar-refractivity contribution >= 4 is 5.95 Å². The zero-order valence-corrected chi connectivity index (χ0v) is 10.6. The quantitative estimate of drug-likeness (QED) is 0.730. The molecule has 0 aliphatic heterocycles. The normalized spacial score (nSPS) is 12.1. The van der Waals surface area contributed by atoms with Gasteiger partial charge in [0.05, 0.1) is 6.10 Å². The summed E-state index contributed by atoms with van der Waals surface area (Å²) in [6.07, 6.45) is -0.0749. The van der Waals surface area contributed by atoms with Gasteiger partial charge in [-0.25, -0.2) is 0 Å². The van der Waals surface area contributed by atoms with Crippen molar-refractivity contribution < 1.29 is 5.11 Å². The highest BCUT2D eigenvalue weighted by Crippen LogP contribution is 2.03. The van der Waals surface area contributed by atoms with Crippen LogP contribution < -0.4 is 10.9 Å². The first-order chi connectivity index (χ1) is 9.15. The standard InChI is InChI=1S/C13H16N4O2/c1-9(18)8-14-13-15-12(19)11(16-17-13)7-10-5-3-2-4-6-10/h2-6,9,18H,7-8H2,1H3,(H2,14,15,17,19). The third-order valence-corrected chi connectivity index (χ3v) is 2.54. The zero-order chi connectivity index (χ0) is 13.7. The van der Waals surface area contributed by atoms with Crippen molar-refractivity contribution in [1.82, 2.24) is 15.2 Å². The fraction of sp³-hybridized carbons (Fsp3) is 0.308. The Hall–Kier alpha value is -2.21. The molecule has 0 radical (unpaired) electrons. The zero-order valence-electron chi connectivity index (χ0n) is 10.6. The van der Waals surface area contributed by atoms with Gasteiger partial charge < -0.3 is 10.4 Å². The average Bonchev–Trinajstić information content (AvgIpc) is 2.40. The second-order valence-electron chi connectivity index (χ2n) is 4.34. The topological polar surface area (TPSA) is 90.9 Å². The van der Waals surface area contributed by atoms with E-state index in [1.807, 2.05) is 30.3 Å². The van der Waals surface area contributed by atoms with Gasteiger partial charge in [-0.15, -0.1) is 10.2 Å². The van der Waals surface area contributed by atoms with Crippen LogP contribution in [0.4, 0.5) is 5.95 Å². The molecule has 0 amide bonds. The van der Waals surface area contributed by atoms with E-state index in [0.29, 0.717) is 18.7 Å². The van der Waals surface area contributed by atoms with Gasteiger partial charge in [-0.3, -0.25) is 9.78 Å². The van der Waals surface area contributed by atoms with Gasteiger partial charge in [-0.2, -0.15) is 0 Å². The van der Waals surface area contributed by atoms with E-state index in [0.717, 1.165) is 5.56 Å². The molecule has 19 heavy (non-hydrogen) atoms. The summed E-state index contributed by atoms with van der Waals surface area (Å²) in [5.41, 5.74) is 1.10. The maximum Gasteiger partial charge on any atom is 0.274 e. The van der Waals surface area contributed by atoms with Crippen LogP contribution >= 0.6 is 0 Å². The maximum atomic E-state index is 11.8. The van der Waals surface area contributed by atoms with Crippen LogP contribution in [-0.4, -0.2) is 32.9 Å². The van der Waals surface area contributed by atoms with E-state index < -0.39 is 6.10 Å². The van der Waals surface area contributed by atoms with E-state index in [-0.39, 0.29) is 11.5 Å². The molecule has 0 saturated heterocycles. The van der Waals surface area contributed by atoms with Crippen LogP contribution in [-0.2, 0) is 6.42 Å². The Bertz CT molecular complexity index is 581. The number of aromatic amines is 1. The Morgan fingerprint density at radius 2 is 2.05 bits per heavy atom. The molecular formula is C13H16N4O2. The lowest BCUT2D eigenvalue weighted by molar-refractivity contribution is 0.208. The molecule has 1 atom stereocenters. The number of hydrogen-bond acceptors (Lipinski definition) is 5. The Morgan fingerprint density at radius 3 is 2.68 bits per heavy atom. The highest BCUT2D eigenvalue weighted by Gasteiger charge is 2.06. The number of aliphatic hydroxyl groups excluding tert-OH is 1. The van der Waals surface area contributed by atoms with Gasteiger partial charge in [-0.05, 0) is 12.5 Å². The molecule has 2 aromatic rings. The van der Waals surface area contributed by atoms with Crippen molar-refractivity contribution in [2.45, 2.75) is 19.4 Å². The minimum Gasteiger partial charge on any atom is -0.392 e. The fourth-order valence-electron chi connectivity index (χ4n) is 1.59. The Kier molecular flexibility index (Phi) is 4.25. The van der Waals surface area contributed by atoms with Crippen LogP contribution in [0.3, 0.4) is 0 Å². The number of aliphatic hydroxyl groups is 1. The molecule has 1 heterocycles. The predicted molar refractivity (Wildman–Crippen MR) is 72.1 cm³/mol. The largest absolute Gasteiger partial charge is 0.392 e. The van der Waals surface area contributed by atoms with Crippen molar-refractivity contribution in [2.75, 3.05) is 11.9 Å². The van der Waals surface area contributed by atoms with E-state index in [4.69, 9.17) is 5.11 Å². The molecule has 0 spiro atoms. The summed E-state index contributed by atoms with van der Waals surface area (Å²) in [6.45, 7) is 1.95. The number of aromatic nitrogens is 3. The van der Waals surface area contributed by atoms with Crippen LogP contribution in [0.5, 0.6) is 0 Å². The second kappa shape index (κ2) is 6.10. The summed E-state index contributed by atoms with van der Waals surface area (Å²) in [7, 11) is 0. The van der Waals surface area contributed by atoms with Gasteiger partial charge in [0.1, 0.15) is 5.69 Å². The van der Waals surface area contributed by atoms with Gasteiger partial charge in [0.15, 0.2) is 0 Å². The summed E-state index contributed by atoms with van der Waals surface area (Å²) >= 11 is 0. The molecule has 1 unspecified atom stereocenters. The van der Waals surface area contributed by atoms with Crippen molar-refractivity contribution in [3.05, 3.63) is 51.9 Å². The summed E-state index contributed by atoms with van der Waals surface area (Å²) in [6, 6.07) is 9.61. The van der Waals surface area contributed by atoms with Crippen LogP contribution in [0.2, 0.25) is 0 Å². The molecule has 0 fully saturated rings. The first-order valence-electron chi connectivity index (χ1n) is 6.07. The van der Waals surface area contributed by atoms with Crippen molar-refractivity contribution in [3.63, 3.8) is 0 Å². The molecule has 6 nitrogen and oxygen atoms in total. The van der Waals surface area contributed by atoms with Gasteiger partial charge in [0.25, 0.3) is 5.56 Å². The fourth-order valence-corrected chi connectivity index (χ4v) is 1.59. The summed E-state index contributed by atoms with van der Waals surface area (Å²) in [4.78, 5) is 14.4. The molecule has 1 aromatic heterocycles. The number of benzene rings is 1. The average molecular weight is 260 g/mol. The Labute approximate surface area is 110 Å². The highest BCUT2D eigenvalue weighted by atomic mass is 16.3. The molecular weight excluding hydrogens is 244 g/mol. The molecule has 1 aromatic carbocycles. The molecule has 0 saturated carbocycles. The van der Waals surface area contributed by atoms with E-state index in [1.165, 1.54) is 0 Å². The van der Waals surface area contributed by atoms with Gasteiger partial charge in [-0.1, -0.05) is 30.3 Å². The monoisotopic (exact) mass is 260 g/mol. The highest BCUT2D eigenvalue weighted by molar-refractivity contribution is 5.24. The van der Waals surface area contributed by atoms with E-state index in [2.05, 4.69) is 20.5 Å². The first kappa shape index (κ1) is 13.2. The first-order valence-corrected chi connectivity index (χ1v) is 6.07. The molecule has 2 rings (SSSR count). The van der Waals surface area contributed by atoms with Gasteiger partial charge >= 0.3 is 0 Å². The Balaban J connectivity index is 2.09. The van der Waals surface area contributed by atoms with Gasteiger partial charge in [0, 0.05) is 13.0 Å². The van der Waals surface area contributed by atoms with Crippen LogP contribution in [0.1, 0.15) is 18.2 Å². The number of anilines is 1. The molecule has 0 aliphatic carbocycles. The minimum absolute atomic E-state index is 0.266. The third-order valence-electron chi connectivity index (χ3n) is 2.54. The number of H-pyrrole nitrogens is 1. The van der Waals surface area contributed by atoms with E-state index in [9.17, 15) is 4.79 Å². The predicted octanol–water partition coefficient (Wildman–Crippen LogP) is 0.548. The number of rotatable bonds is 5. The summed E-state index contributed by atoms with van der Waals surface area (Å²) < 4.78 is 0. The summed E-state index contributed by atoms with van der Waals surface area (Å²) in [5, 5.41) is 19.7. The smallest absolute Gasteiger partial charge is 0.274 e. The maximum absolute atomic E-state index is 11.8. The molecule has 0 bridgehead atoms. The van der Waals surface area contributed by atoms with Crippen LogP contribution in [0, 0.1) is 0 Å². The van der Waals surface area contributed by atoms with E-state index >= 15 is 0 Å². The lowest BCUT2D eigenvalue weighted by atomic mass is 10.1. The van der Waals surface area contributed by atoms with Crippen molar-refractivity contribution in [2.24, 2.45) is 0 Å². The van der Waals surface area contributed by atoms with Crippen molar-refractivity contribution in [3.8, 4) is 0 Å². The summed E-state index contributed by atoms with van der Waals surface area (Å²) in [5.74, 6) is 0.266. The number of nitrogens with one attached hydrogen (secondary N) is 2. The molecule has 6 heteroatoms. The lowest BCUT2D eigenvalue weighted by Crippen LogP contribution is -2.23. The SMILES string of the molecule is CC(O)CNc1nnc(Cc2ccccc2)c(=O)[nH]1. The van der Waals surface area contributed by atoms with Crippen LogP contribution in [0.25, 0.3) is 0 Å². The van der Waals surface area contributed by atoms with Crippen molar-refractivity contribution in [1.29, 1.82) is 0 Å². The van der Waals surface area contributed by atoms with E-state index in [1.54, 1.807) is 6.92 Å². The second-order valence-corrected chi connectivity index (χ2v) is 4.34. The van der Waals surface area contributed by atoms with Gasteiger partial charge in [0.2, 0.25) is 5.95 Å².